The minimum atomic E-state index is 0.347. The summed E-state index contributed by atoms with van der Waals surface area (Å²) < 4.78 is 5.43. The van der Waals surface area contributed by atoms with Crippen LogP contribution in [0.15, 0.2) is 22.8 Å². The molecule has 1 N–H and O–H groups in total. The van der Waals surface area contributed by atoms with E-state index in [4.69, 9.17) is 4.42 Å². The Morgan fingerprint density at radius 1 is 1.50 bits per heavy atom. The molecule has 0 spiro atoms. The van der Waals surface area contributed by atoms with Gasteiger partial charge in [0.1, 0.15) is 5.76 Å². The molecule has 0 radical (unpaired) electrons. The van der Waals surface area contributed by atoms with Crippen molar-refractivity contribution in [3.05, 3.63) is 24.2 Å². The van der Waals surface area contributed by atoms with Crippen molar-refractivity contribution >= 4 is 0 Å². The van der Waals surface area contributed by atoms with Crippen LogP contribution in [0.25, 0.3) is 0 Å². The Hall–Kier alpha value is -0.800. The van der Waals surface area contributed by atoms with E-state index in [0.29, 0.717) is 5.54 Å². The highest BCUT2D eigenvalue weighted by Gasteiger charge is 2.42. The molecule has 3 heteroatoms. The Labute approximate surface area is 110 Å². The highest BCUT2D eigenvalue weighted by molar-refractivity contribution is 5.02. The number of nitrogens with zero attached hydrogens (tertiary/aromatic N) is 1. The van der Waals surface area contributed by atoms with Gasteiger partial charge in [-0.15, -0.1) is 0 Å². The zero-order valence-electron chi connectivity index (χ0n) is 11.3. The van der Waals surface area contributed by atoms with Gasteiger partial charge in [0.2, 0.25) is 0 Å². The van der Waals surface area contributed by atoms with E-state index in [1.54, 1.807) is 6.26 Å². The van der Waals surface area contributed by atoms with Crippen LogP contribution in [0.1, 0.15) is 31.9 Å². The second-order valence-electron chi connectivity index (χ2n) is 6.08. The maximum atomic E-state index is 5.43. The molecule has 1 saturated carbocycles. The maximum absolute atomic E-state index is 5.43. The molecule has 1 aromatic heterocycles. The summed E-state index contributed by atoms with van der Waals surface area (Å²) in [5.41, 5.74) is 0.347. The molecule has 2 aliphatic rings. The highest BCUT2D eigenvalue weighted by Crippen LogP contribution is 2.40. The van der Waals surface area contributed by atoms with E-state index in [2.05, 4.69) is 23.2 Å². The molecule has 2 fully saturated rings. The first kappa shape index (κ1) is 12.2. The lowest BCUT2D eigenvalue weighted by Crippen LogP contribution is -2.51. The molecule has 1 unspecified atom stereocenters. The molecule has 2 heterocycles. The van der Waals surface area contributed by atoms with Crippen molar-refractivity contribution in [2.75, 3.05) is 26.2 Å². The highest BCUT2D eigenvalue weighted by atomic mass is 16.3. The zero-order chi connectivity index (χ0) is 12.4. The molecular weight excluding hydrogens is 224 g/mol. The maximum Gasteiger partial charge on any atom is 0.105 e. The molecular formula is C15H24N2O. The minimum Gasteiger partial charge on any atom is -0.469 e. The van der Waals surface area contributed by atoms with Gasteiger partial charge in [-0.05, 0) is 57.3 Å². The van der Waals surface area contributed by atoms with Crippen LogP contribution in [-0.2, 0) is 6.42 Å². The van der Waals surface area contributed by atoms with Crippen LogP contribution in [0.4, 0.5) is 0 Å². The van der Waals surface area contributed by atoms with Crippen molar-refractivity contribution in [1.29, 1.82) is 0 Å². The summed E-state index contributed by atoms with van der Waals surface area (Å²) in [5, 5.41) is 3.78. The van der Waals surface area contributed by atoms with Gasteiger partial charge in [0, 0.05) is 25.0 Å². The van der Waals surface area contributed by atoms with Crippen molar-refractivity contribution in [1.82, 2.24) is 10.2 Å². The summed E-state index contributed by atoms with van der Waals surface area (Å²) in [6, 6.07) is 4.06. The van der Waals surface area contributed by atoms with Gasteiger partial charge in [-0.3, -0.25) is 0 Å². The van der Waals surface area contributed by atoms with Gasteiger partial charge < -0.3 is 14.6 Å². The molecule has 1 aliphatic heterocycles. The molecule has 3 nitrogen and oxygen atoms in total. The molecule has 1 saturated heterocycles. The smallest absolute Gasteiger partial charge is 0.105 e. The first-order valence-electron chi connectivity index (χ1n) is 7.26. The van der Waals surface area contributed by atoms with Crippen LogP contribution in [0.3, 0.4) is 0 Å². The second kappa shape index (κ2) is 5.06. The number of rotatable bonds is 4. The quantitative estimate of drug-likeness (QED) is 0.886. The first-order chi connectivity index (χ1) is 8.76. The van der Waals surface area contributed by atoms with Crippen molar-refractivity contribution in [3.8, 4) is 0 Å². The van der Waals surface area contributed by atoms with E-state index in [1.807, 2.05) is 6.07 Å². The lowest BCUT2D eigenvalue weighted by Gasteiger charge is -2.33. The summed E-state index contributed by atoms with van der Waals surface area (Å²) >= 11 is 0. The SMILES string of the molecule is CC1(C2CC2)CN(CCc2ccco2)CCCN1. The van der Waals surface area contributed by atoms with Gasteiger partial charge in [0.05, 0.1) is 6.26 Å². The van der Waals surface area contributed by atoms with Gasteiger partial charge in [0.15, 0.2) is 0 Å². The Balaban J connectivity index is 1.57. The predicted octanol–water partition coefficient (Wildman–Crippen LogP) is 2.29. The van der Waals surface area contributed by atoms with Gasteiger partial charge in [0.25, 0.3) is 0 Å². The van der Waals surface area contributed by atoms with Crippen molar-refractivity contribution in [2.24, 2.45) is 5.92 Å². The van der Waals surface area contributed by atoms with E-state index in [9.17, 15) is 0 Å². The first-order valence-corrected chi connectivity index (χ1v) is 7.26. The lowest BCUT2D eigenvalue weighted by molar-refractivity contribution is 0.200. The van der Waals surface area contributed by atoms with Crippen molar-refractivity contribution in [3.63, 3.8) is 0 Å². The fourth-order valence-electron chi connectivity index (χ4n) is 3.18. The molecule has 100 valence electrons. The normalized spacial score (nSPS) is 30.3. The molecule has 0 amide bonds. The van der Waals surface area contributed by atoms with Crippen LogP contribution < -0.4 is 5.32 Å². The summed E-state index contributed by atoms with van der Waals surface area (Å²) in [6.07, 6.45) is 6.90. The van der Waals surface area contributed by atoms with Crippen LogP contribution in [-0.4, -0.2) is 36.6 Å². The summed E-state index contributed by atoms with van der Waals surface area (Å²) in [6.45, 7) is 7.12. The van der Waals surface area contributed by atoms with E-state index < -0.39 is 0 Å². The Bertz CT molecular complexity index is 372. The average Bonchev–Trinajstić information content (AvgIpc) is 3.12. The van der Waals surface area contributed by atoms with Crippen LogP contribution in [0.5, 0.6) is 0 Å². The molecule has 0 aromatic carbocycles. The van der Waals surface area contributed by atoms with E-state index in [0.717, 1.165) is 24.6 Å². The third-order valence-electron chi connectivity index (χ3n) is 4.46. The molecule has 0 bridgehead atoms. The standard InChI is InChI=1S/C15H24N2O/c1-15(13-5-6-13)12-17(9-3-8-16-15)10-7-14-4-2-11-18-14/h2,4,11,13,16H,3,5-10,12H2,1H3. The fourth-order valence-corrected chi connectivity index (χ4v) is 3.18. The van der Waals surface area contributed by atoms with Gasteiger partial charge in [-0.1, -0.05) is 0 Å². The Morgan fingerprint density at radius 3 is 3.11 bits per heavy atom. The topological polar surface area (TPSA) is 28.4 Å². The monoisotopic (exact) mass is 248 g/mol. The van der Waals surface area contributed by atoms with Gasteiger partial charge in [-0.2, -0.15) is 0 Å². The summed E-state index contributed by atoms with van der Waals surface area (Å²) in [5.74, 6) is 2.02. The van der Waals surface area contributed by atoms with Crippen LogP contribution in [0.2, 0.25) is 0 Å². The molecule has 1 atom stereocenters. The Kier molecular flexibility index (Phi) is 3.44. The van der Waals surface area contributed by atoms with Crippen LogP contribution in [0, 0.1) is 5.92 Å². The predicted molar refractivity (Wildman–Crippen MR) is 72.6 cm³/mol. The summed E-state index contributed by atoms with van der Waals surface area (Å²) in [4.78, 5) is 2.61. The minimum absolute atomic E-state index is 0.347. The van der Waals surface area contributed by atoms with E-state index >= 15 is 0 Å². The number of furan rings is 1. The summed E-state index contributed by atoms with van der Waals surface area (Å²) in [7, 11) is 0. The average molecular weight is 248 g/mol. The number of hydrogen-bond acceptors (Lipinski definition) is 3. The molecule has 18 heavy (non-hydrogen) atoms. The van der Waals surface area contributed by atoms with Gasteiger partial charge >= 0.3 is 0 Å². The van der Waals surface area contributed by atoms with Crippen LogP contribution >= 0.6 is 0 Å². The zero-order valence-corrected chi connectivity index (χ0v) is 11.3. The second-order valence-corrected chi connectivity index (χ2v) is 6.08. The largest absolute Gasteiger partial charge is 0.469 e. The Morgan fingerprint density at radius 2 is 2.39 bits per heavy atom. The lowest BCUT2D eigenvalue weighted by atomic mass is 9.95. The third-order valence-corrected chi connectivity index (χ3v) is 4.46. The molecule has 1 aromatic rings. The molecule has 3 rings (SSSR count). The number of hydrogen-bond donors (Lipinski definition) is 1. The van der Waals surface area contributed by atoms with Crippen molar-refractivity contribution < 1.29 is 4.42 Å². The van der Waals surface area contributed by atoms with Crippen molar-refractivity contribution in [2.45, 2.75) is 38.1 Å². The van der Waals surface area contributed by atoms with E-state index in [-0.39, 0.29) is 0 Å². The van der Waals surface area contributed by atoms with Gasteiger partial charge in [-0.25, -0.2) is 0 Å². The molecule has 1 aliphatic carbocycles. The van der Waals surface area contributed by atoms with E-state index in [1.165, 1.54) is 38.9 Å². The number of nitrogens with one attached hydrogen (secondary N) is 1. The fraction of sp³-hybridized carbons (Fsp3) is 0.733. The third kappa shape index (κ3) is 2.78.